The van der Waals surface area contributed by atoms with Crippen LogP contribution in [0, 0.1) is 13.8 Å². The SMILES string of the molecule is Cc1noc(C)c1S(=O)(=O)N1Cc2ccccc2COCC1Cc1ccccc1. The number of aryl methyl sites for hydroxylation is 2. The van der Waals surface area contributed by atoms with Gasteiger partial charge in [0, 0.05) is 6.54 Å². The molecule has 2 heterocycles. The molecule has 152 valence electrons. The van der Waals surface area contributed by atoms with Crippen molar-refractivity contribution in [3.8, 4) is 0 Å². The Morgan fingerprint density at radius 1 is 1.03 bits per heavy atom. The molecule has 0 saturated carbocycles. The van der Waals surface area contributed by atoms with Crippen molar-refractivity contribution in [1.82, 2.24) is 9.46 Å². The average molecular weight is 413 g/mol. The van der Waals surface area contributed by atoms with Gasteiger partial charge in [0.2, 0.25) is 10.0 Å². The van der Waals surface area contributed by atoms with Gasteiger partial charge in [-0.05, 0) is 37.0 Å². The molecule has 4 rings (SSSR count). The highest BCUT2D eigenvalue weighted by molar-refractivity contribution is 7.89. The van der Waals surface area contributed by atoms with Gasteiger partial charge in [0.15, 0.2) is 5.76 Å². The minimum Gasteiger partial charge on any atom is -0.375 e. The summed E-state index contributed by atoms with van der Waals surface area (Å²) in [4.78, 5) is 0.147. The van der Waals surface area contributed by atoms with Crippen molar-refractivity contribution >= 4 is 10.0 Å². The molecule has 0 bridgehead atoms. The Balaban J connectivity index is 1.79. The second-order valence-corrected chi connectivity index (χ2v) is 9.16. The molecule has 0 radical (unpaired) electrons. The monoisotopic (exact) mass is 412 g/mol. The smallest absolute Gasteiger partial charge is 0.249 e. The lowest BCUT2D eigenvalue weighted by molar-refractivity contribution is 0.0673. The number of hydrogen-bond acceptors (Lipinski definition) is 5. The molecule has 1 atom stereocenters. The fraction of sp³-hybridized carbons (Fsp3) is 0.318. The molecule has 0 amide bonds. The van der Waals surface area contributed by atoms with E-state index in [2.05, 4.69) is 5.16 Å². The Kier molecular flexibility index (Phi) is 5.54. The Morgan fingerprint density at radius 3 is 2.41 bits per heavy atom. The molecule has 0 aliphatic carbocycles. The number of aromatic nitrogens is 1. The second kappa shape index (κ2) is 8.10. The van der Waals surface area contributed by atoms with Crippen molar-refractivity contribution in [2.24, 2.45) is 0 Å². The van der Waals surface area contributed by atoms with E-state index < -0.39 is 10.0 Å². The van der Waals surface area contributed by atoms with Gasteiger partial charge in [-0.3, -0.25) is 0 Å². The summed E-state index contributed by atoms with van der Waals surface area (Å²) in [6.07, 6.45) is 0.561. The molecular formula is C22H24N2O4S. The van der Waals surface area contributed by atoms with Gasteiger partial charge in [0.25, 0.3) is 0 Å². The van der Waals surface area contributed by atoms with Gasteiger partial charge in [-0.25, -0.2) is 8.42 Å². The summed E-state index contributed by atoms with van der Waals surface area (Å²) in [5.41, 5.74) is 3.39. The predicted molar refractivity (Wildman–Crippen MR) is 109 cm³/mol. The van der Waals surface area contributed by atoms with E-state index in [-0.39, 0.29) is 17.5 Å². The average Bonchev–Trinajstić information content (AvgIpc) is 3.04. The zero-order valence-corrected chi connectivity index (χ0v) is 17.4. The molecule has 1 aliphatic heterocycles. The van der Waals surface area contributed by atoms with Crippen LogP contribution in [0.5, 0.6) is 0 Å². The maximum Gasteiger partial charge on any atom is 0.249 e. The third-order valence-electron chi connectivity index (χ3n) is 5.27. The summed E-state index contributed by atoms with van der Waals surface area (Å²) in [6, 6.07) is 17.3. The summed E-state index contributed by atoms with van der Waals surface area (Å²) in [5.74, 6) is 0.303. The van der Waals surface area contributed by atoms with Gasteiger partial charge in [0.05, 0.1) is 19.3 Å². The van der Waals surface area contributed by atoms with E-state index >= 15 is 0 Å². The van der Waals surface area contributed by atoms with E-state index in [0.717, 1.165) is 16.7 Å². The van der Waals surface area contributed by atoms with Crippen molar-refractivity contribution in [2.75, 3.05) is 6.61 Å². The minimum absolute atomic E-state index is 0.147. The highest BCUT2D eigenvalue weighted by Crippen LogP contribution is 2.30. The number of benzene rings is 2. The highest BCUT2D eigenvalue weighted by atomic mass is 32.2. The van der Waals surface area contributed by atoms with E-state index in [1.54, 1.807) is 18.2 Å². The fourth-order valence-electron chi connectivity index (χ4n) is 3.83. The number of nitrogens with zero attached hydrogens (tertiary/aromatic N) is 2. The number of sulfonamides is 1. The van der Waals surface area contributed by atoms with Gasteiger partial charge in [0.1, 0.15) is 10.6 Å². The largest absolute Gasteiger partial charge is 0.375 e. The van der Waals surface area contributed by atoms with Crippen LogP contribution in [0.15, 0.2) is 64.0 Å². The third kappa shape index (κ3) is 3.99. The minimum atomic E-state index is -3.83. The van der Waals surface area contributed by atoms with Crippen LogP contribution in [0.2, 0.25) is 0 Å². The normalized spacial score (nSPS) is 18.1. The zero-order chi connectivity index (χ0) is 20.4. The maximum absolute atomic E-state index is 13.7. The van der Waals surface area contributed by atoms with Crippen molar-refractivity contribution in [2.45, 2.75) is 44.4 Å². The quantitative estimate of drug-likeness (QED) is 0.654. The van der Waals surface area contributed by atoms with Crippen LogP contribution in [0.1, 0.15) is 28.1 Å². The molecule has 1 aliphatic rings. The van der Waals surface area contributed by atoms with E-state index in [0.29, 0.717) is 31.1 Å². The first-order valence-corrected chi connectivity index (χ1v) is 11.0. The Hall–Kier alpha value is -2.48. The molecule has 29 heavy (non-hydrogen) atoms. The van der Waals surface area contributed by atoms with E-state index in [1.165, 1.54) is 0 Å². The zero-order valence-electron chi connectivity index (χ0n) is 16.5. The van der Waals surface area contributed by atoms with Crippen LogP contribution >= 0.6 is 0 Å². The maximum atomic E-state index is 13.7. The molecule has 0 fully saturated rings. The van der Waals surface area contributed by atoms with Crippen LogP contribution in [0.4, 0.5) is 0 Å². The second-order valence-electron chi connectivity index (χ2n) is 7.33. The first kappa shape index (κ1) is 19.8. The first-order chi connectivity index (χ1) is 14.0. The Bertz CT molecular complexity index is 1070. The third-order valence-corrected chi connectivity index (χ3v) is 7.41. The van der Waals surface area contributed by atoms with Gasteiger partial charge >= 0.3 is 0 Å². The molecule has 6 nitrogen and oxygen atoms in total. The molecule has 1 unspecified atom stereocenters. The number of hydrogen-bond donors (Lipinski definition) is 0. The van der Waals surface area contributed by atoms with E-state index in [1.807, 2.05) is 54.6 Å². The summed E-state index contributed by atoms with van der Waals surface area (Å²) in [5, 5.41) is 3.86. The molecule has 0 spiro atoms. The molecule has 2 aromatic carbocycles. The van der Waals surface area contributed by atoms with Crippen LogP contribution in [0.3, 0.4) is 0 Å². The molecule has 0 N–H and O–H groups in total. The van der Waals surface area contributed by atoms with Crippen LogP contribution in [-0.2, 0) is 34.3 Å². The van der Waals surface area contributed by atoms with Gasteiger partial charge < -0.3 is 9.26 Å². The summed E-state index contributed by atoms with van der Waals surface area (Å²) in [7, 11) is -3.83. The molecular weight excluding hydrogens is 388 g/mol. The number of ether oxygens (including phenoxy) is 1. The molecule has 0 saturated heterocycles. The number of fused-ring (bicyclic) bond motifs is 1. The van der Waals surface area contributed by atoms with Crippen LogP contribution < -0.4 is 0 Å². The Morgan fingerprint density at radius 2 is 1.72 bits per heavy atom. The molecule has 7 heteroatoms. The van der Waals surface area contributed by atoms with Gasteiger partial charge in [-0.2, -0.15) is 4.31 Å². The first-order valence-electron chi connectivity index (χ1n) is 9.60. The summed E-state index contributed by atoms with van der Waals surface area (Å²) < 4.78 is 40.1. The standard InChI is InChI=1S/C22H24N2O4S/c1-16-22(17(2)28-23-16)29(25,26)24-13-19-10-6-7-11-20(19)14-27-15-21(24)12-18-8-4-3-5-9-18/h3-11,21H,12-15H2,1-2H3. The van der Waals surface area contributed by atoms with Gasteiger partial charge in [-0.1, -0.05) is 59.8 Å². The topological polar surface area (TPSA) is 72.6 Å². The van der Waals surface area contributed by atoms with Crippen molar-refractivity contribution < 1.29 is 17.7 Å². The lowest BCUT2D eigenvalue weighted by atomic mass is 10.0. The lowest BCUT2D eigenvalue weighted by Crippen LogP contribution is -2.45. The lowest BCUT2D eigenvalue weighted by Gasteiger charge is -2.33. The van der Waals surface area contributed by atoms with Crippen molar-refractivity contribution in [1.29, 1.82) is 0 Å². The summed E-state index contributed by atoms with van der Waals surface area (Å²) in [6.45, 7) is 4.35. The highest BCUT2D eigenvalue weighted by Gasteiger charge is 2.37. The van der Waals surface area contributed by atoms with E-state index in [4.69, 9.17) is 9.26 Å². The van der Waals surface area contributed by atoms with Crippen LogP contribution in [0.25, 0.3) is 0 Å². The number of rotatable bonds is 4. The fourth-order valence-corrected chi connectivity index (χ4v) is 5.71. The summed E-state index contributed by atoms with van der Waals surface area (Å²) >= 11 is 0. The Labute approximate surface area is 171 Å². The predicted octanol–water partition coefficient (Wildman–Crippen LogP) is 3.62. The van der Waals surface area contributed by atoms with Crippen molar-refractivity contribution in [3.63, 3.8) is 0 Å². The van der Waals surface area contributed by atoms with Gasteiger partial charge in [-0.15, -0.1) is 0 Å². The van der Waals surface area contributed by atoms with E-state index in [9.17, 15) is 8.42 Å². The molecule has 3 aromatic rings. The van der Waals surface area contributed by atoms with Crippen LogP contribution in [-0.4, -0.2) is 30.5 Å². The van der Waals surface area contributed by atoms with Crippen molar-refractivity contribution in [3.05, 3.63) is 82.7 Å². The molecule has 1 aromatic heterocycles.